The van der Waals surface area contributed by atoms with Crippen molar-refractivity contribution in [3.63, 3.8) is 0 Å². The molecule has 3 rings (SSSR count). The highest BCUT2D eigenvalue weighted by atomic mass is 15.4. The number of aromatic nitrogens is 3. The van der Waals surface area contributed by atoms with Gasteiger partial charge in [-0.05, 0) is 24.3 Å². The Balaban J connectivity index is 1.87. The fourth-order valence-electron chi connectivity index (χ4n) is 2.14. The summed E-state index contributed by atoms with van der Waals surface area (Å²) in [5, 5.41) is 23.1. The minimum Gasteiger partial charge on any atom is -0.384 e. The molecular formula is C16H15N7. The maximum Gasteiger partial charge on any atom is 0.122 e. The molecule has 7 heteroatoms. The van der Waals surface area contributed by atoms with Crippen LogP contribution in [-0.4, -0.2) is 26.7 Å². The van der Waals surface area contributed by atoms with Crippen LogP contribution in [0.3, 0.4) is 0 Å². The average Bonchev–Trinajstić information content (AvgIpc) is 3.05. The van der Waals surface area contributed by atoms with Crippen LogP contribution in [0.4, 0.5) is 0 Å². The molecule has 114 valence electrons. The first kappa shape index (κ1) is 14.5. The van der Waals surface area contributed by atoms with Crippen LogP contribution in [0, 0.1) is 10.8 Å². The third kappa shape index (κ3) is 2.93. The van der Waals surface area contributed by atoms with E-state index in [1.165, 1.54) is 0 Å². The smallest absolute Gasteiger partial charge is 0.122 e. The molecule has 0 atom stereocenters. The number of nitrogens with zero attached hydrogens (tertiary/aromatic N) is 3. The van der Waals surface area contributed by atoms with Crippen molar-refractivity contribution >= 4 is 11.7 Å². The van der Waals surface area contributed by atoms with Crippen LogP contribution >= 0.6 is 0 Å². The Morgan fingerprint density at radius 2 is 1.35 bits per heavy atom. The van der Waals surface area contributed by atoms with E-state index in [0.29, 0.717) is 11.1 Å². The van der Waals surface area contributed by atoms with Gasteiger partial charge in [-0.1, -0.05) is 29.5 Å². The molecule has 0 saturated carbocycles. The predicted molar refractivity (Wildman–Crippen MR) is 88.8 cm³/mol. The van der Waals surface area contributed by atoms with E-state index in [0.717, 1.165) is 16.9 Å². The van der Waals surface area contributed by atoms with Crippen molar-refractivity contribution in [3.8, 4) is 16.9 Å². The molecule has 0 bridgehead atoms. The van der Waals surface area contributed by atoms with Gasteiger partial charge < -0.3 is 11.5 Å². The summed E-state index contributed by atoms with van der Waals surface area (Å²) in [5.41, 5.74) is 14.6. The standard InChI is InChI=1S/C16H15N7/c17-15(18)11-3-1-10(2-4-11)14-9-23(22-21-14)13-7-5-12(6-8-13)16(19)20/h1-9H,(H3,17,18)(H3,19,20). The van der Waals surface area contributed by atoms with E-state index in [4.69, 9.17) is 22.3 Å². The van der Waals surface area contributed by atoms with E-state index >= 15 is 0 Å². The third-order valence-corrected chi connectivity index (χ3v) is 3.43. The molecule has 0 aliphatic carbocycles. The van der Waals surface area contributed by atoms with Crippen LogP contribution in [0.25, 0.3) is 16.9 Å². The number of amidine groups is 2. The fourth-order valence-corrected chi connectivity index (χ4v) is 2.14. The molecule has 3 aromatic rings. The van der Waals surface area contributed by atoms with Gasteiger partial charge in [-0.15, -0.1) is 5.10 Å². The van der Waals surface area contributed by atoms with E-state index in [1.807, 2.05) is 30.5 Å². The van der Waals surface area contributed by atoms with Gasteiger partial charge in [0.25, 0.3) is 0 Å². The van der Waals surface area contributed by atoms with Gasteiger partial charge in [-0.25, -0.2) is 4.68 Å². The summed E-state index contributed by atoms with van der Waals surface area (Å²) in [6, 6.07) is 14.4. The van der Waals surface area contributed by atoms with Crippen LogP contribution < -0.4 is 11.5 Å². The Hall–Kier alpha value is -3.48. The van der Waals surface area contributed by atoms with Gasteiger partial charge in [0.15, 0.2) is 0 Å². The van der Waals surface area contributed by atoms with Crippen LogP contribution in [0.2, 0.25) is 0 Å². The molecule has 0 spiro atoms. The maximum atomic E-state index is 7.40. The minimum absolute atomic E-state index is 0.0291. The number of hydrogen-bond acceptors (Lipinski definition) is 4. The number of nitrogens with one attached hydrogen (secondary N) is 2. The molecule has 0 aliphatic rings. The summed E-state index contributed by atoms with van der Waals surface area (Å²) in [7, 11) is 0. The zero-order chi connectivity index (χ0) is 16.4. The molecule has 0 saturated heterocycles. The van der Waals surface area contributed by atoms with Crippen molar-refractivity contribution in [1.82, 2.24) is 15.0 Å². The fraction of sp³-hybridized carbons (Fsp3) is 0. The van der Waals surface area contributed by atoms with Crippen molar-refractivity contribution in [2.45, 2.75) is 0 Å². The minimum atomic E-state index is 0.0291. The second kappa shape index (κ2) is 5.72. The second-order valence-corrected chi connectivity index (χ2v) is 5.00. The SMILES string of the molecule is N=C(N)c1ccc(-c2cn(-c3ccc(C(=N)N)cc3)nn2)cc1. The number of rotatable bonds is 4. The van der Waals surface area contributed by atoms with Gasteiger partial charge in [0, 0.05) is 16.7 Å². The van der Waals surface area contributed by atoms with E-state index in [1.54, 1.807) is 28.9 Å². The third-order valence-electron chi connectivity index (χ3n) is 3.43. The van der Waals surface area contributed by atoms with Gasteiger partial charge in [-0.2, -0.15) is 0 Å². The normalized spacial score (nSPS) is 10.4. The summed E-state index contributed by atoms with van der Waals surface area (Å²) in [5.74, 6) is 0.0622. The van der Waals surface area contributed by atoms with Crippen LogP contribution in [0.15, 0.2) is 54.7 Å². The van der Waals surface area contributed by atoms with Crippen molar-refractivity contribution in [3.05, 3.63) is 65.9 Å². The van der Waals surface area contributed by atoms with Gasteiger partial charge in [-0.3, -0.25) is 10.8 Å². The Morgan fingerprint density at radius 3 is 1.87 bits per heavy atom. The molecule has 0 unspecified atom stereocenters. The maximum absolute atomic E-state index is 7.40. The zero-order valence-electron chi connectivity index (χ0n) is 12.2. The molecule has 1 aromatic heterocycles. The quantitative estimate of drug-likeness (QED) is 0.429. The van der Waals surface area contributed by atoms with E-state index in [9.17, 15) is 0 Å². The molecule has 1 heterocycles. The van der Waals surface area contributed by atoms with Crippen LogP contribution in [0.5, 0.6) is 0 Å². The zero-order valence-corrected chi connectivity index (χ0v) is 12.2. The highest BCUT2D eigenvalue weighted by molar-refractivity contribution is 5.95. The summed E-state index contributed by atoms with van der Waals surface area (Å²) in [4.78, 5) is 0. The predicted octanol–water partition coefficient (Wildman–Crippen LogP) is 1.50. The number of nitrogens with two attached hydrogens (primary N) is 2. The first-order valence-electron chi connectivity index (χ1n) is 6.86. The Labute approximate surface area is 132 Å². The number of nitrogen functional groups attached to an aromatic ring is 2. The summed E-state index contributed by atoms with van der Waals surface area (Å²) >= 11 is 0. The summed E-state index contributed by atoms with van der Waals surface area (Å²) < 4.78 is 1.65. The lowest BCUT2D eigenvalue weighted by molar-refractivity contribution is 0.804. The van der Waals surface area contributed by atoms with Crippen LogP contribution in [-0.2, 0) is 0 Å². The molecule has 7 nitrogen and oxygen atoms in total. The lowest BCUT2D eigenvalue weighted by Crippen LogP contribution is -2.10. The second-order valence-electron chi connectivity index (χ2n) is 5.00. The monoisotopic (exact) mass is 305 g/mol. The molecule has 0 radical (unpaired) electrons. The first-order valence-corrected chi connectivity index (χ1v) is 6.86. The molecular weight excluding hydrogens is 290 g/mol. The van der Waals surface area contributed by atoms with E-state index in [2.05, 4.69) is 10.3 Å². The Morgan fingerprint density at radius 1 is 0.826 bits per heavy atom. The van der Waals surface area contributed by atoms with Crippen molar-refractivity contribution < 1.29 is 0 Å². The average molecular weight is 305 g/mol. The first-order chi connectivity index (χ1) is 11.0. The Bertz CT molecular complexity index is 788. The molecule has 0 fully saturated rings. The molecule has 6 N–H and O–H groups in total. The van der Waals surface area contributed by atoms with Crippen molar-refractivity contribution in [2.24, 2.45) is 11.5 Å². The summed E-state index contributed by atoms with van der Waals surface area (Å²) in [6.45, 7) is 0. The molecule has 23 heavy (non-hydrogen) atoms. The molecule has 0 aliphatic heterocycles. The lowest BCUT2D eigenvalue weighted by atomic mass is 10.1. The lowest BCUT2D eigenvalue weighted by Gasteiger charge is -2.02. The van der Waals surface area contributed by atoms with Crippen molar-refractivity contribution in [2.75, 3.05) is 0 Å². The van der Waals surface area contributed by atoms with Gasteiger partial charge in [0.2, 0.25) is 0 Å². The van der Waals surface area contributed by atoms with Gasteiger partial charge >= 0.3 is 0 Å². The summed E-state index contributed by atoms with van der Waals surface area (Å²) in [6.07, 6.45) is 1.81. The largest absolute Gasteiger partial charge is 0.384 e. The molecule has 2 aromatic carbocycles. The molecule has 0 amide bonds. The van der Waals surface area contributed by atoms with Gasteiger partial charge in [0.1, 0.15) is 17.4 Å². The van der Waals surface area contributed by atoms with E-state index < -0.39 is 0 Å². The topological polar surface area (TPSA) is 130 Å². The van der Waals surface area contributed by atoms with Crippen molar-refractivity contribution in [1.29, 1.82) is 10.8 Å². The van der Waals surface area contributed by atoms with Crippen LogP contribution in [0.1, 0.15) is 11.1 Å². The highest BCUT2D eigenvalue weighted by Crippen LogP contribution is 2.18. The number of benzene rings is 2. The number of hydrogen-bond donors (Lipinski definition) is 4. The Kier molecular flexibility index (Phi) is 3.60. The van der Waals surface area contributed by atoms with E-state index in [-0.39, 0.29) is 11.7 Å². The van der Waals surface area contributed by atoms with Gasteiger partial charge in [0.05, 0.1) is 11.9 Å². The highest BCUT2D eigenvalue weighted by Gasteiger charge is 2.06.